The summed E-state index contributed by atoms with van der Waals surface area (Å²) in [5, 5.41) is 17.3. The summed E-state index contributed by atoms with van der Waals surface area (Å²) in [4.78, 5) is 7.08. The lowest BCUT2D eigenvalue weighted by Gasteiger charge is -2.35. The minimum atomic E-state index is -1.13. The van der Waals surface area contributed by atoms with E-state index in [-0.39, 0.29) is 6.54 Å². The van der Waals surface area contributed by atoms with Crippen LogP contribution >= 0.6 is 0 Å². The summed E-state index contributed by atoms with van der Waals surface area (Å²) in [6, 6.07) is 3.98. The average molecular weight is 381 g/mol. The molecule has 0 amide bonds. The highest BCUT2D eigenvalue weighted by molar-refractivity contribution is 5.79. The van der Waals surface area contributed by atoms with Gasteiger partial charge < -0.3 is 24.9 Å². The molecular weight excluding hydrogens is 344 g/mol. The Morgan fingerprint density at radius 2 is 2.07 bits per heavy atom. The van der Waals surface area contributed by atoms with E-state index in [0.29, 0.717) is 23.7 Å². The van der Waals surface area contributed by atoms with Crippen LogP contribution in [0.25, 0.3) is 0 Å². The molecule has 1 fully saturated rings. The number of aliphatic imine (C=N–C) groups is 1. The number of hydrogen-bond donors (Lipinski definition) is 3. The summed E-state index contributed by atoms with van der Waals surface area (Å²) in [6.45, 7) is 13.6. The van der Waals surface area contributed by atoms with Crippen LogP contribution in [0.5, 0.6) is 0 Å². The summed E-state index contributed by atoms with van der Waals surface area (Å²) in [5.74, 6) is 1.86. The third-order valence-electron chi connectivity index (χ3n) is 4.75. The molecular formula is C20H36N4O3. The van der Waals surface area contributed by atoms with Gasteiger partial charge in [0.2, 0.25) is 0 Å². The predicted molar refractivity (Wildman–Crippen MR) is 108 cm³/mol. The van der Waals surface area contributed by atoms with Crippen LogP contribution in [0.1, 0.15) is 39.9 Å². The van der Waals surface area contributed by atoms with Crippen LogP contribution in [0.3, 0.4) is 0 Å². The maximum Gasteiger partial charge on any atom is 0.191 e. The molecule has 154 valence electrons. The zero-order valence-corrected chi connectivity index (χ0v) is 17.2. The third-order valence-corrected chi connectivity index (χ3v) is 4.75. The lowest BCUT2D eigenvalue weighted by atomic mass is 10.0. The highest BCUT2D eigenvalue weighted by atomic mass is 16.5. The molecule has 7 heteroatoms. The molecule has 0 radical (unpaired) electrons. The first-order valence-corrected chi connectivity index (χ1v) is 10.0. The summed E-state index contributed by atoms with van der Waals surface area (Å²) in [5.41, 5.74) is -1.13. The quantitative estimate of drug-likeness (QED) is 0.448. The molecule has 0 aromatic carbocycles. The van der Waals surface area contributed by atoms with Crippen LogP contribution < -0.4 is 10.6 Å². The lowest BCUT2D eigenvalue weighted by Crippen LogP contribution is -2.51. The zero-order valence-electron chi connectivity index (χ0n) is 17.2. The number of hydrogen-bond acceptors (Lipinski definition) is 5. The fourth-order valence-corrected chi connectivity index (χ4v) is 3.30. The van der Waals surface area contributed by atoms with E-state index >= 15 is 0 Å². The first kappa shape index (κ1) is 21.7. The molecule has 2 heterocycles. The summed E-state index contributed by atoms with van der Waals surface area (Å²) in [6.07, 6.45) is 2.69. The zero-order chi connectivity index (χ0) is 19.7. The second kappa shape index (κ2) is 10.7. The van der Waals surface area contributed by atoms with E-state index < -0.39 is 5.60 Å². The third kappa shape index (κ3) is 7.16. The Morgan fingerprint density at radius 1 is 1.33 bits per heavy atom. The number of rotatable bonds is 9. The minimum absolute atomic E-state index is 0.224. The van der Waals surface area contributed by atoms with E-state index in [2.05, 4.69) is 34.4 Å². The number of furan rings is 1. The van der Waals surface area contributed by atoms with Crippen LogP contribution in [-0.4, -0.2) is 67.9 Å². The fourth-order valence-electron chi connectivity index (χ4n) is 3.30. The Bertz CT molecular complexity index is 552. The van der Waals surface area contributed by atoms with Gasteiger partial charge in [-0.2, -0.15) is 0 Å². The van der Waals surface area contributed by atoms with Crippen LogP contribution in [-0.2, 0) is 10.3 Å². The van der Waals surface area contributed by atoms with Gasteiger partial charge in [-0.25, -0.2) is 4.99 Å². The molecule has 0 saturated carbocycles. The molecule has 0 spiro atoms. The van der Waals surface area contributed by atoms with E-state index in [1.54, 1.807) is 25.3 Å². The molecule has 0 aliphatic carbocycles. The van der Waals surface area contributed by atoms with Gasteiger partial charge in [-0.15, -0.1) is 0 Å². The van der Waals surface area contributed by atoms with Crippen LogP contribution in [0.15, 0.2) is 27.8 Å². The van der Waals surface area contributed by atoms with E-state index in [1.165, 1.54) is 0 Å². The Kier molecular flexibility index (Phi) is 8.60. The molecule has 27 heavy (non-hydrogen) atoms. The Hall–Kier alpha value is -1.57. The molecule has 1 aliphatic rings. The van der Waals surface area contributed by atoms with Crippen molar-refractivity contribution >= 4 is 5.96 Å². The predicted octanol–water partition coefficient (Wildman–Crippen LogP) is 1.79. The van der Waals surface area contributed by atoms with E-state index in [0.717, 1.165) is 45.8 Å². The molecule has 1 aromatic rings. The number of nitrogens with zero attached hydrogens (tertiary/aromatic N) is 2. The molecule has 1 aromatic heterocycles. The maximum atomic E-state index is 10.6. The Balaban J connectivity index is 1.97. The van der Waals surface area contributed by atoms with Crippen molar-refractivity contribution in [1.29, 1.82) is 0 Å². The Morgan fingerprint density at radius 3 is 2.67 bits per heavy atom. The van der Waals surface area contributed by atoms with Crippen molar-refractivity contribution in [3.63, 3.8) is 0 Å². The van der Waals surface area contributed by atoms with Gasteiger partial charge in [0.05, 0.1) is 26.0 Å². The van der Waals surface area contributed by atoms with Crippen LogP contribution in [0.2, 0.25) is 0 Å². The number of morpholine rings is 1. The molecule has 7 nitrogen and oxygen atoms in total. The van der Waals surface area contributed by atoms with Gasteiger partial charge in [-0.05, 0) is 38.3 Å². The van der Waals surface area contributed by atoms with E-state index in [1.807, 2.05) is 6.92 Å². The molecule has 0 bridgehead atoms. The first-order valence-electron chi connectivity index (χ1n) is 10.0. The van der Waals surface area contributed by atoms with Gasteiger partial charge in [0.1, 0.15) is 11.4 Å². The van der Waals surface area contributed by atoms with Crippen molar-refractivity contribution in [1.82, 2.24) is 15.5 Å². The first-order chi connectivity index (χ1) is 12.9. The minimum Gasteiger partial charge on any atom is -0.466 e. The van der Waals surface area contributed by atoms with Gasteiger partial charge in [0.25, 0.3) is 0 Å². The summed E-state index contributed by atoms with van der Waals surface area (Å²) >= 11 is 0. The Labute approximate surface area is 163 Å². The SMILES string of the molecule is CCNC(=NCC(C)(O)c1ccco1)NCC(CC(C)C)N1CCOCC1. The second-order valence-corrected chi connectivity index (χ2v) is 7.76. The molecule has 1 saturated heterocycles. The summed E-state index contributed by atoms with van der Waals surface area (Å²) in [7, 11) is 0. The van der Waals surface area contributed by atoms with Gasteiger partial charge in [0.15, 0.2) is 5.96 Å². The molecule has 2 atom stereocenters. The van der Waals surface area contributed by atoms with E-state index in [9.17, 15) is 5.11 Å². The number of nitrogens with one attached hydrogen (secondary N) is 2. The highest BCUT2D eigenvalue weighted by Gasteiger charge is 2.26. The number of guanidine groups is 1. The monoisotopic (exact) mass is 380 g/mol. The maximum absolute atomic E-state index is 10.6. The van der Waals surface area contributed by atoms with Gasteiger partial charge in [-0.3, -0.25) is 4.90 Å². The van der Waals surface area contributed by atoms with Gasteiger partial charge in [0, 0.05) is 32.2 Å². The molecule has 2 rings (SSSR count). The topological polar surface area (TPSA) is 82.3 Å². The number of aliphatic hydroxyl groups is 1. The van der Waals surface area contributed by atoms with Crippen molar-refractivity contribution in [3.8, 4) is 0 Å². The lowest BCUT2D eigenvalue weighted by molar-refractivity contribution is 0.0132. The van der Waals surface area contributed by atoms with Crippen LogP contribution in [0, 0.1) is 5.92 Å². The standard InChI is InChI=1S/C20H36N4O3/c1-5-21-19(23-15-20(4,25)18-7-6-10-27-18)22-14-17(13-16(2)3)24-8-11-26-12-9-24/h6-7,10,16-17,25H,5,8-9,11-15H2,1-4H3,(H2,21,22,23). The molecule has 3 N–H and O–H groups in total. The van der Waals surface area contributed by atoms with E-state index in [4.69, 9.17) is 9.15 Å². The normalized spacial score (nSPS) is 19.7. The van der Waals surface area contributed by atoms with Crippen LogP contribution in [0.4, 0.5) is 0 Å². The van der Waals surface area contributed by atoms with Crippen molar-refractivity contribution < 1.29 is 14.3 Å². The van der Waals surface area contributed by atoms with Crippen molar-refractivity contribution in [3.05, 3.63) is 24.2 Å². The largest absolute Gasteiger partial charge is 0.466 e. The van der Waals surface area contributed by atoms with Crippen molar-refractivity contribution in [2.24, 2.45) is 10.9 Å². The highest BCUT2D eigenvalue weighted by Crippen LogP contribution is 2.21. The van der Waals surface area contributed by atoms with Gasteiger partial charge >= 0.3 is 0 Å². The summed E-state index contributed by atoms with van der Waals surface area (Å²) < 4.78 is 10.8. The smallest absolute Gasteiger partial charge is 0.191 e. The second-order valence-electron chi connectivity index (χ2n) is 7.76. The van der Waals surface area contributed by atoms with Gasteiger partial charge in [-0.1, -0.05) is 13.8 Å². The number of ether oxygens (including phenoxy) is 1. The van der Waals surface area contributed by atoms with Crippen molar-refractivity contribution in [2.45, 2.75) is 45.8 Å². The molecule has 1 aliphatic heterocycles. The fraction of sp³-hybridized carbons (Fsp3) is 0.750. The van der Waals surface area contributed by atoms with Crippen molar-refractivity contribution in [2.75, 3.05) is 45.9 Å². The molecule has 2 unspecified atom stereocenters. The average Bonchev–Trinajstić information content (AvgIpc) is 3.19.